The van der Waals surface area contributed by atoms with Gasteiger partial charge in [0, 0.05) is 12.1 Å². The molecule has 96 valence electrons. The summed E-state index contributed by atoms with van der Waals surface area (Å²) in [7, 11) is 2.25. The molecule has 17 heavy (non-hydrogen) atoms. The summed E-state index contributed by atoms with van der Waals surface area (Å²) in [5, 5.41) is 4.40. The van der Waals surface area contributed by atoms with E-state index >= 15 is 0 Å². The highest BCUT2D eigenvalue weighted by Gasteiger charge is 2.28. The second-order valence-electron chi connectivity index (χ2n) is 5.32. The van der Waals surface area contributed by atoms with E-state index in [4.69, 9.17) is 5.73 Å². The third-order valence-corrected chi connectivity index (χ3v) is 4.67. The van der Waals surface area contributed by atoms with Gasteiger partial charge in [-0.3, -0.25) is 4.90 Å². The SMILES string of the molecule is CC(N)C(c1ccsc1)N(C)C1CCCCC1. The van der Waals surface area contributed by atoms with Gasteiger partial charge in [0.25, 0.3) is 0 Å². The summed E-state index contributed by atoms with van der Waals surface area (Å²) in [4.78, 5) is 2.52. The lowest BCUT2D eigenvalue weighted by Gasteiger charge is -2.38. The number of thiophene rings is 1. The molecule has 2 rings (SSSR count). The van der Waals surface area contributed by atoms with Gasteiger partial charge in [-0.2, -0.15) is 11.3 Å². The van der Waals surface area contributed by atoms with Crippen molar-refractivity contribution in [1.29, 1.82) is 0 Å². The van der Waals surface area contributed by atoms with Crippen LogP contribution >= 0.6 is 11.3 Å². The highest BCUT2D eigenvalue weighted by atomic mass is 32.1. The van der Waals surface area contributed by atoms with Crippen LogP contribution in [0.2, 0.25) is 0 Å². The fourth-order valence-corrected chi connectivity index (χ4v) is 3.76. The average Bonchev–Trinajstić information content (AvgIpc) is 2.83. The molecule has 1 aliphatic carbocycles. The van der Waals surface area contributed by atoms with Crippen LogP contribution in [0.1, 0.15) is 50.6 Å². The molecule has 1 aromatic rings. The van der Waals surface area contributed by atoms with Gasteiger partial charge in [-0.15, -0.1) is 0 Å². The molecular formula is C14H24N2S. The molecule has 0 aromatic carbocycles. The Balaban J connectivity index is 2.10. The van der Waals surface area contributed by atoms with Gasteiger partial charge >= 0.3 is 0 Å². The lowest BCUT2D eigenvalue weighted by molar-refractivity contribution is 0.123. The highest BCUT2D eigenvalue weighted by molar-refractivity contribution is 7.07. The smallest absolute Gasteiger partial charge is 0.0504 e. The minimum atomic E-state index is 0.191. The molecule has 1 aliphatic rings. The zero-order valence-corrected chi connectivity index (χ0v) is 11.7. The molecule has 2 N–H and O–H groups in total. The maximum absolute atomic E-state index is 6.20. The summed E-state index contributed by atoms with van der Waals surface area (Å²) in [6.07, 6.45) is 6.84. The average molecular weight is 252 g/mol. The Hall–Kier alpha value is -0.380. The maximum Gasteiger partial charge on any atom is 0.0504 e. The first-order valence-electron chi connectivity index (χ1n) is 6.69. The molecule has 0 spiro atoms. The third kappa shape index (κ3) is 3.09. The van der Waals surface area contributed by atoms with Gasteiger partial charge in [0.1, 0.15) is 0 Å². The van der Waals surface area contributed by atoms with Crippen molar-refractivity contribution in [2.45, 2.75) is 57.2 Å². The minimum Gasteiger partial charge on any atom is -0.326 e. The lowest BCUT2D eigenvalue weighted by atomic mass is 9.91. The summed E-state index contributed by atoms with van der Waals surface area (Å²) in [5.74, 6) is 0. The van der Waals surface area contributed by atoms with E-state index in [1.165, 1.54) is 37.7 Å². The Morgan fingerprint density at radius 3 is 2.59 bits per heavy atom. The molecule has 2 nitrogen and oxygen atoms in total. The zero-order chi connectivity index (χ0) is 12.3. The Morgan fingerprint density at radius 1 is 1.35 bits per heavy atom. The number of nitrogens with zero attached hydrogens (tertiary/aromatic N) is 1. The van der Waals surface area contributed by atoms with E-state index in [0.29, 0.717) is 6.04 Å². The molecular weight excluding hydrogens is 228 g/mol. The standard InChI is InChI=1S/C14H24N2S/c1-11(15)14(12-8-9-17-10-12)16(2)13-6-4-3-5-7-13/h8-11,13-14H,3-7,15H2,1-2H3. The molecule has 1 aromatic heterocycles. The first kappa shape index (κ1) is 13.1. The van der Waals surface area contributed by atoms with Gasteiger partial charge in [0.2, 0.25) is 0 Å². The predicted molar refractivity (Wildman–Crippen MR) is 75.3 cm³/mol. The van der Waals surface area contributed by atoms with Crippen molar-refractivity contribution in [1.82, 2.24) is 4.90 Å². The summed E-state index contributed by atoms with van der Waals surface area (Å²) in [5.41, 5.74) is 7.59. The molecule has 0 bridgehead atoms. The number of hydrogen-bond acceptors (Lipinski definition) is 3. The number of hydrogen-bond donors (Lipinski definition) is 1. The van der Waals surface area contributed by atoms with E-state index in [-0.39, 0.29) is 6.04 Å². The van der Waals surface area contributed by atoms with Gasteiger partial charge in [-0.25, -0.2) is 0 Å². The van der Waals surface area contributed by atoms with E-state index in [2.05, 4.69) is 35.7 Å². The van der Waals surface area contributed by atoms with Crippen molar-refractivity contribution in [3.05, 3.63) is 22.4 Å². The van der Waals surface area contributed by atoms with Crippen LogP contribution in [0, 0.1) is 0 Å². The molecule has 1 saturated carbocycles. The van der Waals surface area contributed by atoms with Crippen LogP contribution in [0.25, 0.3) is 0 Å². The molecule has 0 amide bonds. The van der Waals surface area contributed by atoms with Crippen LogP contribution in [0.3, 0.4) is 0 Å². The van der Waals surface area contributed by atoms with E-state index in [0.717, 1.165) is 6.04 Å². The van der Waals surface area contributed by atoms with Gasteiger partial charge in [-0.1, -0.05) is 19.3 Å². The van der Waals surface area contributed by atoms with Crippen LogP contribution < -0.4 is 5.73 Å². The van der Waals surface area contributed by atoms with Crippen LogP contribution in [-0.2, 0) is 0 Å². The van der Waals surface area contributed by atoms with E-state index in [1.54, 1.807) is 11.3 Å². The molecule has 3 heteroatoms. The Kier molecular flexibility index (Phi) is 4.60. The normalized spacial score (nSPS) is 21.6. The lowest BCUT2D eigenvalue weighted by Crippen LogP contribution is -2.43. The van der Waals surface area contributed by atoms with Gasteiger partial charge in [-0.05, 0) is 49.2 Å². The summed E-state index contributed by atoms with van der Waals surface area (Å²) in [6.45, 7) is 2.13. The Labute approximate surface area is 109 Å². The van der Waals surface area contributed by atoms with Gasteiger partial charge in [0.05, 0.1) is 6.04 Å². The van der Waals surface area contributed by atoms with E-state index in [1.807, 2.05) is 0 Å². The predicted octanol–water partition coefficient (Wildman–Crippen LogP) is 3.40. The Morgan fingerprint density at radius 2 is 2.06 bits per heavy atom. The molecule has 0 aliphatic heterocycles. The first-order chi connectivity index (χ1) is 8.20. The monoisotopic (exact) mass is 252 g/mol. The summed E-state index contributed by atoms with van der Waals surface area (Å²) >= 11 is 1.77. The van der Waals surface area contributed by atoms with Crippen LogP contribution in [-0.4, -0.2) is 24.0 Å². The topological polar surface area (TPSA) is 29.3 Å². The first-order valence-corrected chi connectivity index (χ1v) is 7.64. The van der Waals surface area contributed by atoms with Gasteiger partial charge < -0.3 is 5.73 Å². The van der Waals surface area contributed by atoms with Crippen molar-refractivity contribution in [3.8, 4) is 0 Å². The Bertz CT molecular complexity index is 315. The maximum atomic E-state index is 6.20. The van der Waals surface area contributed by atoms with Crippen LogP contribution in [0.5, 0.6) is 0 Å². The second kappa shape index (κ2) is 5.98. The second-order valence-corrected chi connectivity index (χ2v) is 6.10. The van der Waals surface area contributed by atoms with Crippen LogP contribution in [0.15, 0.2) is 16.8 Å². The third-order valence-electron chi connectivity index (χ3n) is 3.97. The van der Waals surface area contributed by atoms with Crippen molar-refractivity contribution in [3.63, 3.8) is 0 Å². The quantitative estimate of drug-likeness (QED) is 0.890. The number of rotatable bonds is 4. The molecule has 2 atom stereocenters. The van der Waals surface area contributed by atoms with E-state index in [9.17, 15) is 0 Å². The zero-order valence-electron chi connectivity index (χ0n) is 10.9. The fourth-order valence-electron chi connectivity index (χ4n) is 3.07. The largest absolute Gasteiger partial charge is 0.326 e. The van der Waals surface area contributed by atoms with Crippen molar-refractivity contribution in [2.24, 2.45) is 5.73 Å². The molecule has 0 radical (unpaired) electrons. The van der Waals surface area contributed by atoms with Crippen molar-refractivity contribution < 1.29 is 0 Å². The summed E-state index contributed by atoms with van der Waals surface area (Å²) in [6, 6.07) is 3.51. The van der Waals surface area contributed by atoms with Crippen LogP contribution in [0.4, 0.5) is 0 Å². The molecule has 2 unspecified atom stereocenters. The van der Waals surface area contributed by atoms with Crippen molar-refractivity contribution in [2.75, 3.05) is 7.05 Å². The fraction of sp³-hybridized carbons (Fsp3) is 0.714. The minimum absolute atomic E-state index is 0.191. The molecule has 1 fully saturated rings. The van der Waals surface area contributed by atoms with E-state index < -0.39 is 0 Å². The molecule has 0 saturated heterocycles. The van der Waals surface area contributed by atoms with Gasteiger partial charge in [0.15, 0.2) is 0 Å². The van der Waals surface area contributed by atoms with Crippen molar-refractivity contribution >= 4 is 11.3 Å². The highest BCUT2D eigenvalue weighted by Crippen LogP contribution is 2.31. The number of likely N-dealkylation sites (N-methyl/N-ethyl adjacent to an activating group) is 1. The molecule has 1 heterocycles. The summed E-state index contributed by atoms with van der Waals surface area (Å²) < 4.78 is 0. The number of nitrogens with two attached hydrogens (primary N) is 1.